The molecule has 0 aliphatic heterocycles. The third-order valence-corrected chi connectivity index (χ3v) is 3.30. The molecule has 0 atom stereocenters. The van der Waals surface area contributed by atoms with E-state index in [1.54, 1.807) is 0 Å². The summed E-state index contributed by atoms with van der Waals surface area (Å²) in [4.78, 5) is 15.7. The van der Waals surface area contributed by atoms with Crippen LogP contribution in [-0.2, 0) is 11.3 Å². The summed E-state index contributed by atoms with van der Waals surface area (Å²) in [6, 6.07) is 15.1. The third-order valence-electron chi connectivity index (χ3n) is 3.30. The molecule has 0 aliphatic carbocycles. The van der Waals surface area contributed by atoms with Crippen LogP contribution in [0.25, 0.3) is 11.1 Å². The van der Waals surface area contributed by atoms with Crippen molar-refractivity contribution in [1.82, 2.24) is 10.3 Å². The number of ether oxygens (including phenoxy) is 1. The van der Waals surface area contributed by atoms with Gasteiger partial charge in [-0.3, -0.25) is 0 Å². The van der Waals surface area contributed by atoms with Gasteiger partial charge in [0, 0.05) is 18.5 Å². The number of hydrogen-bond donors (Lipinski definition) is 1. The minimum absolute atomic E-state index is 0.260. The lowest BCUT2D eigenvalue weighted by Gasteiger charge is -2.05. The number of carbonyl (C=O) groups excluding carboxylic acids is 1. The number of aromatic nitrogens is 1. The number of benzene rings is 2. The average molecular weight is 320 g/mol. The second kappa shape index (κ2) is 7.84. The zero-order valence-corrected chi connectivity index (χ0v) is 13.0. The van der Waals surface area contributed by atoms with Crippen molar-refractivity contribution in [3.63, 3.8) is 0 Å². The molecule has 3 rings (SSSR count). The van der Waals surface area contributed by atoms with Crippen molar-refractivity contribution in [2.45, 2.75) is 13.0 Å². The molecule has 120 valence electrons. The molecule has 1 aromatic heterocycles. The predicted octanol–water partition coefficient (Wildman–Crippen LogP) is 3.50. The fourth-order valence-electron chi connectivity index (χ4n) is 2.10. The molecule has 5 nitrogen and oxygen atoms in total. The van der Waals surface area contributed by atoms with Gasteiger partial charge in [-0.25, -0.2) is 9.78 Å². The smallest absolute Gasteiger partial charge is 0.407 e. The van der Waals surface area contributed by atoms with Gasteiger partial charge in [0.2, 0.25) is 0 Å². The molecule has 0 aliphatic rings. The Morgan fingerprint density at radius 2 is 2.08 bits per heavy atom. The molecular weight excluding hydrogens is 304 g/mol. The summed E-state index contributed by atoms with van der Waals surface area (Å²) >= 11 is 0. The van der Waals surface area contributed by atoms with Crippen LogP contribution in [-0.4, -0.2) is 17.6 Å². The lowest BCUT2D eigenvalue weighted by molar-refractivity contribution is 0.140. The summed E-state index contributed by atoms with van der Waals surface area (Å²) in [6.45, 7) is 0.697. The van der Waals surface area contributed by atoms with E-state index in [1.165, 1.54) is 6.39 Å². The van der Waals surface area contributed by atoms with Crippen molar-refractivity contribution in [1.29, 1.82) is 0 Å². The molecule has 0 saturated heterocycles. The van der Waals surface area contributed by atoms with Crippen molar-refractivity contribution < 1.29 is 13.9 Å². The van der Waals surface area contributed by atoms with Crippen LogP contribution in [0.4, 0.5) is 4.79 Å². The van der Waals surface area contributed by atoms with Crippen LogP contribution in [0.1, 0.15) is 17.5 Å². The van der Waals surface area contributed by atoms with Crippen LogP contribution in [0.5, 0.6) is 0 Å². The Bertz CT molecular complexity index is 876. The number of nitrogens with zero attached hydrogens (tertiary/aromatic N) is 1. The maximum Gasteiger partial charge on any atom is 0.407 e. The Balaban J connectivity index is 1.39. The Morgan fingerprint density at radius 3 is 2.96 bits per heavy atom. The summed E-state index contributed by atoms with van der Waals surface area (Å²) in [5.41, 5.74) is 3.34. The second-order valence-corrected chi connectivity index (χ2v) is 5.08. The molecule has 0 fully saturated rings. The van der Waals surface area contributed by atoms with Crippen LogP contribution in [0.15, 0.2) is 59.3 Å². The summed E-state index contributed by atoms with van der Waals surface area (Å²) in [5.74, 6) is 6.04. The quantitative estimate of drug-likeness (QED) is 0.590. The molecule has 0 radical (unpaired) electrons. The largest absolute Gasteiger partial charge is 0.445 e. The lowest BCUT2D eigenvalue weighted by atomic mass is 10.2. The first kappa shape index (κ1) is 15.6. The van der Waals surface area contributed by atoms with Crippen LogP contribution in [0, 0.1) is 11.8 Å². The molecule has 1 amide bonds. The molecule has 0 spiro atoms. The maximum atomic E-state index is 11.6. The molecular formula is C19H16N2O3. The van der Waals surface area contributed by atoms with Gasteiger partial charge in [0.15, 0.2) is 12.0 Å². The molecule has 2 aromatic carbocycles. The average Bonchev–Trinajstić information content (AvgIpc) is 3.08. The van der Waals surface area contributed by atoms with Crippen LogP contribution < -0.4 is 5.32 Å². The minimum atomic E-state index is -0.440. The van der Waals surface area contributed by atoms with Crippen LogP contribution in [0.2, 0.25) is 0 Å². The minimum Gasteiger partial charge on any atom is -0.445 e. The molecule has 1 heterocycles. The van der Waals surface area contributed by atoms with E-state index in [0.29, 0.717) is 13.0 Å². The van der Waals surface area contributed by atoms with E-state index in [4.69, 9.17) is 9.15 Å². The number of hydrogen-bond acceptors (Lipinski definition) is 4. The standard InChI is InChI=1S/C19H16N2O3/c22-19(23-13-16-7-2-1-3-8-16)20-11-5-4-6-15-9-10-18-17(12-15)21-14-24-18/h1-3,7-10,12,14H,5,11,13H2,(H,20,22). The highest BCUT2D eigenvalue weighted by molar-refractivity contribution is 5.74. The molecule has 1 N–H and O–H groups in total. The monoisotopic (exact) mass is 320 g/mol. The number of rotatable bonds is 4. The Morgan fingerprint density at radius 1 is 1.21 bits per heavy atom. The summed E-state index contributed by atoms with van der Waals surface area (Å²) < 4.78 is 10.3. The first-order chi connectivity index (χ1) is 11.8. The van der Waals surface area contributed by atoms with Crippen LogP contribution >= 0.6 is 0 Å². The highest BCUT2D eigenvalue weighted by Crippen LogP contribution is 2.13. The molecule has 0 saturated carbocycles. The molecule has 0 unspecified atom stereocenters. The van der Waals surface area contributed by atoms with Gasteiger partial charge in [-0.2, -0.15) is 0 Å². The van der Waals surface area contributed by atoms with Crippen molar-refractivity contribution in [2.75, 3.05) is 6.54 Å². The van der Waals surface area contributed by atoms with Crippen molar-refractivity contribution in [2.24, 2.45) is 0 Å². The zero-order valence-electron chi connectivity index (χ0n) is 13.0. The lowest BCUT2D eigenvalue weighted by Crippen LogP contribution is -2.24. The Hall–Kier alpha value is -3.26. The van der Waals surface area contributed by atoms with Crippen molar-refractivity contribution in [3.05, 3.63) is 66.1 Å². The van der Waals surface area contributed by atoms with Gasteiger partial charge in [-0.15, -0.1) is 0 Å². The normalized spacial score (nSPS) is 10.0. The summed E-state index contributed by atoms with van der Waals surface area (Å²) in [5, 5.41) is 2.67. The first-order valence-corrected chi connectivity index (χ1v) is 7.58. The molecule has 3 aromatic rings. The highest BCUT2D eigenvalue weighted by Gasteiger charge is 2.01. The Kier molecular flexibility index (Phi) is 5.10. The van der Waals surface area contributed by atoms with E-state index in [0.717, 1.165) is 22.2 Å². The zero-order chi connectivity index (χ0) is 16.6. The third kappa shape index (κ3) is 4.37. The van der Waals surface area contributed by atoms with Crippen molar-refractivity contribution in [3.8, 4) is 11.8 Å². The van der Waals surface area contributed by atoms with E-state index < -0.39 is 6.09 Å². The molecule has 0 bridgehead atoms. The van der Waals surface area contributed by atoms with E-state index in [-0.39, 0.29) is 6.61 Å². The molecule has 24 heavy (non-hydrogen) atoms. The van der Waals surface area contributed by atoms with Crippen LogP contribution in [0.3, 0.4) is 0 Å². The number of fused-ring (bicyclic) bond motifs is 1. The summed E-state index contributed by atoms with van der Waals surface area (Å²) in [6.07, 6.45) is 1.51. The first-order valence-electron chi connectivity index (χ1n) is 7.58. The van der Waals surface area contributed by atoms with E-state index >= 15 is 0 Å². The summed E-state index contributed by atoms with van der Waals surface area (Å²) in [7, 11) is 0. The highest BCUT2D eigenvalue weighted by atomic mass is 16.5. The maximum absolute atomic E-state index is 11.6. The van der Waals surface area contributed by atoms with E-state index in [2.05, 4.69) is 22.1 Å². The Labute approximate surface area is 139 Å². The fourth-order valence-corrected chi connectivity index (χ4v) is 2.10. The number of nitrogens with one attached hydrogen (secondary N) is 1. The number of alkyl carbamates (subject to hydrolysis) is 1. The number of carbonyl (C=O) groups is 1. The number of amides is 1. The van der Waals surface area contributed by atoms with Gasteiger partial charge in [-0.1, -0.05) is 42.2 Å². The SMILES string of the molecule is O=C(NCCC#Cc1ccc2ocnc2c1)OCc1ccccc1. The van der Waals surface area contributed by atoms with Gasteiger partial charge >= 0.3 is 6.09 Å². The predicted molar refractivity (Wildman–Crippen MR) is 90.1 cm³/mol. The molecule has 5 heteroatoms. The van der Waals surface area contributed by atoms with Gasteiger partial charge in [0.25, 0.3) is 0 Å². The number of oxazole rings is 1. The second-order valence-electron chi connectivity index (χ2n) is 5.08. The fraction of sp³-hybridized carbons (Fsp3) is 0.158. The topological polar surface area (TPSA) is 64.4 Å². The van der Waals surface area contributed by atoms with Gasteiger partial charge in [0.05, 0.1) is 0 Å². The van der Waals surface area contributed by atoms with Gasteiger partial charge in [0.1, 0.15) is 12.1 Å². The van der Waals surface area contributed by atoms with E-state index in [1.807, 2.05) is 48.5 Å². The van der Waals surface area contributed by atoms with Crippen molar-refractivity contribution >= 4 is 17.2 Å². The van der Waals surface area contributed by atoms with Gasteiger partial charge in [-0.05, 0) is 23.8 Å². The van der Waals surface area contributed by atoms with Gasteiger partial charge < -0.3 is 14.5 Å². The van der Waals surface area contributed by atoms with E-state index in [9.17, 15) is 4.79 Å².